The Hall–Kier alpha value is -1.68. The van der Waals surface area contributed by atoms with E-state index in [0.717, 1.165) is 42.1 Å². The number of allylic oxidation sites excluding steroid dienone is 2. The van der Waals surface area contributed by atoms with Crippen molar-refractivity contribution in [1.82, 2.24) is 0 Å². The summed E-state index contributed by atoms with van der Waals surface area (Å²) >= 11 is 0. The predicted octanol–water partition coefficient (Wildman–Crippen LogP) is 7.94. The van der Waals surface area contributed by atoms with Crippen LogP contribution in [0.4, 0.5) is 0 Å². The van der Waals surface area contributed by atoms with Crippen LogP contribution in [0.3, 0.4) is 0 Å². The van der Waals surface area contributed by atoms with Gasteiger partial charge in [0, 0.05) is 5.56 Å². The molecule has 1 fully saturated rings. The fourth-order valence-corrected chi connectivity index (χ4v) is 4.96. The summed E-state index contributed by atoms with van der Waals surface area (Å²) in [6.07, 6.45) is 18.6. The van der Waals surface area contributed by atoms with Crippen LogP contribution in [-0.4, -0.2) is 6.61 Å². The Labute approximate surface area is 179 Å². The van der Waals surface area contributed by atoms with Crippen LogP contribution in [0.15, 0.2) is 35.9 Å². The van der Waals surface area contributed by atoms with Gasteiger partial charge in [0.25, 0.3) is 0 Å². The monoisotopic (exact) mass is 392 g/mol. The van der Waals surface area contributed by atoms with Crippen molar-refractivity contribution in [3.63, 3.8) is 0 Å². The molecule has 1 nitrogen and oxygen atoms in total. The van der Waals surface area contributed by atoms with Crippen LogP contribution in [0, 0.1) is 29.6 Å². The first-order chi connectivity index (χ1) is 14.3. The van der Waals surface area contributed by atoms with Crippen molar-refractivity contribution in [2.24, 2.45) is 17.8 Å². The molecule has 1 saturated carbocycles. The second kappa shape index (κ2) is 12.1. The van der Waals surface area contributed by atoms with Crippen molar-refractivity contribution < 1.29 is 4.74 Å². The summed E-state index contributed by atoms with van der Waals surface area (Å²) in [5.41, 5.74) is 2.43. The van der Waals surface area contributed by atoms with E-state index in [1.165, 1.54) is 76.2 Å². The van der Waals surface area contributed by atoms with Gasteiger partial charge in [-0.3, -0.25) is 0 Å². The maximum absolute atomic E-state index is 5.73. The summed E-state index contributed by atoms with van der Waals surface area (Å²) in [5.74, 6) is 10.6. The van der Waals surface area contributed by atoms with E-state index < -0.39 is 0 Å². The summed E-state index contributed by atoms with van der Waals surface area (Å²) in [6, 6.07) is 8.25. The Kier molecular flexibility index (Phi) is 9.20. The molecule has 1 heteroatoms. The average molecular weight is 393 g/mol. The van der Waals surface area contributed by atoms with Crippen LogP contribution in [0.1, 0.15) is 96.5 Å². The van der Waals surface area contributed by atoms with Gasteiger partial charge in [0.05, 0.1) is 6.61 Å². The third-order valence-electron chi connectivity index (χ3n) is 6.96. The predicted molar refractivity (Wildman–Crippen MR) is 124 cm³/mol. The number of unbranched alkanes of at least 4 members (excludes halogenated alkanes) is 2. The molecule has 1 atom stereocenters. The zero-order valence-corrected chi connectivity index (χ0v) is 18.7. The summed E-state index contributed by atoms with van der Waals surface area (Å²) in [5, 5.41) is 0. The van der Waals surface area contributed by atoms with Crippen molar-refractivity contribution in [3.05, 3.63) is 41.5 Å². The minimum absolute atomic E-state index is 0.802. The topological polar surface area (TPSA) is 9.23 Å². The van der Waals surface area contributed by atoms with E-state index in [9.17, 15) is 0 Å². The Balaban J connectivity index is 1.43. The third-order valence-corrected chi connectivity index (χ3v) is 6.96. The molecule has 0 heterocycles. The lowest BCUT2D eigenvalue weighted by Gasteiger charge is -2.35. The van der Waals surface area contributed by atoms with Gasteiger partial charge in [-0.25, -0.2) is 0 Å². The first-order valence-corrected chi connectivity index (χ1v) is 12.2. The molecule has 29 heavy (non-hydrogen) atoms. The van der Waals surface area contributed by atoms with Gasteiger partial charge in [0.2, 0.25) is 0 Å². The second-order valence-corrected chi connectivity index (χ2v) is 9.16. The van der Waals surface area contributed by atoms with Gasteiger partial charge in [-0.05, 0) is 86.1 Å². The lowest BCUT2D eigenvalue weighted by Crippen LogP contribution is -2.23. The van der Waals surface area contributed by atoms with E-state index in [0.29, 0.717) is 0 Å². The molecule has 1 unspecified atom stereocenters. The van der Waals surface area contributed by atoms with Crippen LogP contribution < -0.4 is 4.74 Å². The molecule has 3 rings (SSSR count). The number of hydrogen-bond acceptors (Lipinski definition) is 1. The van der Waals surface area contributed by atoms with Gasteiger partial charge in [0.1, 0.15) is 5.75 Å². The molecule has 0 bridgehead atoms. The highest BCUT2D eigenvalue weighted by atomic mass is 16.5. The fourth-order valence-electron chi connectivity index (χ4n) is 4.96. The molecule has 2 aliphatic rings. The quantitative estimate of drug-likeness (QED) is 0.322. The summed E-state index contributed by atoms with van der Waals surface area (Å²) in [6.45, 7) is 5.30. The smallest absolute Gasteiger partial charge is 0.119 e. The van der Waals surface area contributed by atoms with Gasteiger partial charge >= 0.3 is 0 Å². The molecule has 0 radical (unpaired) electrons. The van der Waals surface area contributed by atoms with Crippen molar-refractivity contribution in [3.8, 4) is 17.6 Å². The Morgan fingerprint density at radius 2 is 1.62 bits per heavy atom. The first-order valence-electron chi connectivity index (χ1n) is 12.2. The number of hydrogen-bond donors (Lipinski definition) is 0. The molecule has 0 aromatic heterocycles. The van der Waals surface area contributed by atoms with E-state index in [1.807, 2.05) is 12.1 Å². The van der Waals surface area contributed by atoms with Gasteiger partial charge in [-0.1, -0.05) is 70.3 Å². The summed E-state index contributed by atoms with van der Waals surface area (Å²) in [4.78, 5) is 0. The van der Waals surface area contributed by atoms with E-state index in [-0.39, 0.29) is 0 Å². The molecule has 0 N–H and O–H groups in total. The molecule has 1 aromatic rings. The zero-order chi connectivity index (χ0) is 20.3. The molecule has 0 saturated heterocycles. The van der Waals surface area contributed by atoms with Crippen LogP contribution in [0.25, 0.3) is 0 Å². The molecule has 2 aliphatic carbocycles. The lowest BCUT2D eigenvalue weighted by atomic mass is 9.71. The zero-order valence-electron chi connectivity index (χ0n) is 18.7. The minimum atomic E-state index is 0.802. The summed E-state index contributed by atoms with van der Waals surface area (Å²) < 4.78 is 5.73. The van der Waals surface area contributed by atoms with Crippen LogP contribution in [-0.2, 0) is 0 Å². The fraction of sp³-hybridized carbons (Fsp3) is 0.643. The molecule has 0 amide bonds. The van der Waals surface area contributed by atoms with Crippen LogP contribution >= 0.6 is 0 Å². The molecular weight excluding hydrogens is 352 g/mol. The maximum Gasteiger partial charge on any atom is 0.119 e. The maximum atomic E-state index is 5.73. The van der Waals surface area contributed by atoms with Crippen LogP contribution in [0.5, 0.6) is 5.75 Å². The molecule has 0 spiro atoms. The standard InChI is InChI=1S/C28H40O/c1-3-5-7-23-10-16-26(17-11-23)27-18-12-24(13-19-27)8-9-25-14-20-28(21-15-25)29-22-6-4-2/h12,14-15,20-21,23,26-27H,3-7,10-11,13,16-19,22H2,1-2H3. The normalized spacial score (nSPS) is 24.3. The molecular formula is C28H40O. The van der Waals surface area contributed by atoms with E-state index >= 15 is 0 Å². The number of benzene rings is 1. The van der Waals surface area contributed by atoms with Gasteiger partial charge in [0.15, 0.2) is 0 Å². The molecule has 0 aliphatic heterocycles. The van der Waals surface area contributed by atoms with Gasteiger partial charge < -0.3 is 4.74 Å². The Morgan fingerprint density at radius 1 is 0.862 bits per heavy atom. The van der Waals surface area contributed by atoms with Gasteiger partial charge in [-0.15, -0.1) is 0 Å². The number of ether oxygens (including phenoxy) is 1. The average Bonchev–Trinajstić information content (AvgIpc) is 2.78. The lowest BCUT2D eigenvalue weighted by molar-refractivity contribution is 0.186. The first kappa shape index (κ1) is 22.0. The Morgan fingerprint density at radius 3 is 2.28 bits per heavy atom. The molecule has 158 valence electrons. The Bertz CT molecular complexity index is 679. The summed E-state index contributed by atoms with van der Waals surface area (Å²) in [7, 11) is 0. The molecule has 1 aromatic carbocycles. The van der Waals surface area contributed by atoms with E-state index in [1.54, 1.807) is 0 Å². The third kappa shape index (κ3) is 7.26. The largest absolute Gasteiger partial charge is 0.494 e. The van der Waals surface area contributed by atoms with E-state index in [4.69, 9.17) is 4.74 Å². The van der Waals surface area contributed by atoms with E-state index in [2.05, 4.69) is 43.9 Å². The second-order valence-electron chi connectivity index (χ2n) is 9.16. The van der Waals surface area contributed by atoms with Crippen molar-refractivity contribution >= 4 is 0 Å². The van der Waals surface area contributed by atoms with Gasteiger partial charge in [-0.2, -0.15) is 0 Å². The van der Waals surface area contributed by atoms with Crippen LogP contribution in [0.2, 0.25) is 0 Å². The minimum Gasteiger partial charge on any atom is -0.494 e. The highest BCUT2D eigenvalue weighted by Gasteiger charge is 2.28. The van der Waals surface area contributed by atoms with Crippen molar-refractivity contribution in [1.29, 1.82) is 0 Å². The SMILES string of the molecule is CCCCOc1ccc(C#CC2=CCC(C3CCC(CCCC)CC3)CC2)cc1. The highest BCUT2D eigenvalue weighted by Crippen LogP contribution is 2.40. The van der Waals surface area contributed by atoms with Crippen molar-refractivity contribution in [2.45, 2.75) is 90.9 Å². The van der Waals surface area contributed by atoms with Crippen molar-refractivity contribution in [2.75, 3.05) is 6.61 Å². The number of rotatable bonds is 8. The highest BCUT2D eigenvalue weighted by molar-refractivity contribution is 5.43.